The normalized spacial score (nSPS) is 16.5. The number of rotatable bonds is 7. The van der Waals surface area contributed by atoms with Gasteiger partial charge in [-0.2, -0.15) is 13.2 Å². The van der Waals surface area contributed by atoms with Crippen molar-refractivity contribution in [3.05, 3.63) is 63.9 Å². The summed E-state index contributed by atoms with van der Waals surface area (Å²) in [4.78, 5) is 25.0. The lowest BCUT2D eigenvalue weighted by Gasteiger charge is -2.33. The molecule has 2 aliphatic rings. The number of amides is 1. The maximum atomic E-state index is 12.8. The van der Waals surface area contributed by atoms with Gasteiger partial charge in [-0.3, -0.25) is 19.8 Å². The second-order valence-electron chi connectivity index (χ2n) is 10.4. The highest BCUT2D eigenvalue weighted by Gasteiger charge is 2.38. The molecule has 1 amide bonds. The molecule has 1 aliphatic carbocycles. The second-order valence-corrected chi connectivity index (χ2v) is 10.4. The Bertz CT molecular complexity index is 1370. The van der Waals surface area contributed by atoms with Crippen LogP contribution in [0.25, 0.3) is 11.0 Å². The van der Waals surface area contributed by atoms with Gasteiger partial charge in [0.2, 0.25) is 5.91 Å². The zero-order valence-corrected chi connectivity index (χ0v) is 23.4. The standard InChI is InChI=1S/C16H20N2O4.C13H15F3N2O2/c1-21-13-2-3-15-12(8-13)9-14(22-15)10-17-4-6-18(7-5-17)16(20)11-19;14-13(15,16)11-8-10(6-7-12(11)18(19)20)17-9-4-2-1-3-5-9/h2-3,8-9,19H,4-7,10-11H2,1H3;6-9,17H,1-5H2. The summed E-state index contributed by atoms with van der Waals surface area (Å²) in [5, 5.41) is 23.6. The summed E-state index contributed by atoms with van der Waals surface area (Å²) in [5.41, 5.74) is -0.977. The van der Waals surface area contributed by atoms with Crippen molar-refractivity contribution in [3.63, 3.8) is 0 Å². The smallest absolute Gasteiger partial charge is 0.423 e. The number of halogens is 3. The highest BCUT2D eigenvalue weighted by atomic mass is 19.4. The Balaban J connectivity index is 0.000000194. The molecule has 1 saturated carbocycles. The Morgan fingerprint density at radius 2 is 1.81 bits per heavy atom. The molecule has 0 spiro atoms. The fourth-order valence-corrected chi connectivity index (χ4v) is 5.25. The first-order valence-electron chi connectivity index (χ1n) is 13.9. The molecule has 42 heavy (non-hydrogen) atoms. The number of piperazine rings is 1. The lowest BCUT2D eigenvalue weighted by molar-refractivity contribution is -0.388. The molecular formula is C29H35F3N4O6. The van der Waals surface area contributed by atoms with E-state index >= 15 is 0 Å². The van der Waals surface area contributed by atoms with E-state index in [0.717, 1.165) is 86.4 Å². The fraction of sp³-hybridized carbons (Fsp3) is 0.483. The molecule has 0 unspecified atom stereocenters. The van der Waals surface area contributed by atoms with Gasteiger partial charge in [0.25, 0.3) is 5.69 Å². The number of alkyl halides is 3. The van der Waals surface area contributed by atoms with E-state index in [1.165, 1.54) is 6.07 Å². The van der Waals surface area contributed by atoms with Crippen LogP contribution in [0.5, 0.6) is 5.75 Å². The molecule has 1 saturated heterocycles. The van der Waals surface area contributed by atoms with Crippen LogP contribution in [0, 0.1) is 10.1 Å². The number of fused-ring (bicyclic) bond motifs is 1. The molecule has 3 aromatic rings. The molecule has 10 nitrogen and oxygen atoms in total. The molecule has 2 aromatic carbocycles. The summed E-state index contributed by atoms with van der Waals surface area (Å²) in [7, 11) is 1.65. The van der Waals surface area contributed by atoms with E-state index in [0.29, 0.717) is 13.1 Å². The van der Waals surface area contributed by atoms with Gasteiger partial charge in [-0.1, -0.05) is 19.3 Å². The molecule has 5 rings (SSSR count). The Morgan fingerprint density at radius 3 is 2.43 bits per heavy atom. The third-order valence-electron chi connectivity index (χ3n) is 7.49. The number of nitro groups is 1. The lowest BCUT2D eigenvalue weighted by atomic mass is 9.95. The van der Waals surface area contributed by atoms with Gasteiger partial charge in [0.1, 0.15) is 29.3 Å². The number of carbonyl (C=O) groups is 1. The van der Waals surface area contributed by atoms with Crippen molar-refractivity contribution in [1.29, 1.82) is 0 Å². The Labute approximate surface area is 241 Å². The van der Waals surface area contributed by atoms with Gasteiger partial charge in [-0.15, -0.1) is 0 Å². The van der Waals surface area contributed by atoms with Crippen LogP contribution in [-0.2, 0) is 17.5 Å². The Morgan fingerprint density at radius 1 is 1.10 bits per heavy atom. The first-order chi connectivity index (χ1) is 20.1. The number of carbonyl (C=O) groups excluding carboxylic acids is 1. The molecule has 0 bridgehead atoms. The molecule has 1 aromatic heterocycles. The molecule has 0 atom stereocenters. The van der Waals surface area contributed by atoms with E-state index in [2.05, 4.69) is 10.2 Å². The van der Waals surface area contributed by atoms with Crippen LogP contribution in [0.2, 0.25) is 0 Å². The van der Waals surface area contributed by atoms with Gasteiger partial charge in [0, 0.05) is 49.4 Å². The van der Waals surface area contributed by atoms with Crippen molar-refractivity contribution in [1.82, 2.24) is 9.80 Å². The number of nitrogens with one attached hydrogen (secondary N) is 1. The number of anilines is 1. The average molecular weight is 593 g/mol. The number of aliphatic hydroxyl groups excluding tert-OH is 1. The van der Waals surface area contributed by atoms with Crippen molar-refractivity contribution in [2.45, 2.75) is 50.9 Å². The molecule has 2 N–H and O–H groups in total. The van der Waals surface area contributed by atoms with Gasteiger partial charge in [0.15, 0.2) is 0 Å². The molecule has 2 heterocycles. The maximum absolute atomic E-state index is 12.8. The van der Waals surface area contributed by atoms with Crippen LogP contribution in [0.15, 0.2) is 46.9 Å². The number of hydrogen-bond donors (Lipinski definition) is 2. The third kappa shape index (κ3) is 8.13. The summed E-state index contributed by atoms with van der Waals surface area (Å²) < 4.78 is 49.6. The van der Waals surface area contributed by atoms with Gasteiger partial charge in [-0.05, 0) is 49.2 Å². The predicted molar refractivity (Wildman–Crippen MR) is 150 cm³/mol. The highest BCUT2D eigenvalue weighted by Crippen LogP contribution is 2.38. The van der Waals surface area contributed by atoms with E-state index in [-0.39, 0.29) is 17.6 Å². The van der Waals surface area contributed by atoms with Crippen LogP contribution < -0.4 is 10.1 Å². The van der Waals surface area contributed by atoms with Gasteiger partial charge >= 0.3 is 6.18 Å². The van der Waals surface area contributed by atoms with E-state index in [1.807, 2.05) is 24.3 Å². The second kappa shape index (κ2) is 13.9. The minimum Gasteiger partial charge on any atom is -0.497 e. The van der Waals surface area contributed by atoms with Crippen molar-refractivity contribution < 1.29 is 37.1 Å². The average Bonchev–Trinajstić information content (AvgIpc) is 3.39. The first kappa shape index (κ1) is 31.1. The van der Waals surface area contributed by atoms with Crippen LogP contribution >= 0.6 is 0 Å². The number of hydrogen-bond acceptors (Lipinski definition) is 8. The first-order valence-corrected chi connectivity index (χ1v) is 13.9. The minimum absolute atomic E-state index is 0.145. The number of furan rings is 1. The summed E-state index contributed by atoms with van der Waals surface area (Å²) in [6.07, 6.45) is 0.350. The van der Waals surface area contributed by atoms with Crippen molar-refractivity contribution in [2.24, 2.45) is 0 Å². The van der Waals surface area contributed by atoms with Gasteiger partial charge < -0.3 is 24.5 Å². The Hall–Kier alpha value is -3.84. The van der Waals surface area contributed by atoms with Crippen molar-refractivity contribution in [3.8, 4) is 5.75 Å². The number of nitro benzene ring substituents is 1. The fourth-order valence-electron chi connectivity index (χ4n) is 5.25. The van der Waals surface area contributed by atoms with Gasteiger partial charge in [0.05, 0.1) is 18.6 Å². The predicted octanol–water partition coefficient (Wildman–Crippen LogP) is 5.44. The van der Waals surface area contributed by atoms with Crippen molar-refractivity contribution in [2.75, 3.05) is 45.2 Å². The summed E-state index contributed by atoms with van der Waals surface area (Å²) in [6.45, 7) is 3.17. The van der Waals surface area contributed by atoms with Crippen LogP contribution in [0.4, 0.5) is 24.5 Å². The molecular weight excluding hydrogens is 557 g/mol. The number of ether oxygens (including phenoxy) is 1. The summed E-state index contributed by atoms with van der Waals surface area (Å²) in [5.74, 6) is 1.52. The zero-order chi connectivity index (χ0) is 30.3. The Kier molecular flexibility index (Phi) is 10.3. The van der Waals surface area contributed by atoms with Crippen LogP contribution in [0.1, 0.15) is 43.4 Å². The maximum Gasteiger partial charge on any atom is 0.423 e. The number of aliphatic hydroxyl groups is 1. The van der Waals surface area contributed by atoms with Crippen LogP contribution in [-0.4, -0.2) is 71.7 Å². The highest BCUT2D eigenvalue weighted by molar-refractivity contribution is 5.79. The van der Waals surface area contributed by atoms with E-state index in [9.17, 15) is 28.1 Å². The van der Waals surface area contributed by atoms with Crippen molar-refractivity contribution >= 4 is 28.3 Å². The minimum atomic E-state index is -4.73. The molecule has 2 fully saturated rings. The van der Waals surface area contributed by atoms with E-state index in [4.69, 9.17) is 14.3 Å². The van der Waals surface area contributed by atoms with E-state index < -0.39 is 29.0 Å². The number of methoxy groups -OCH3 is 1. The number of benzene rings is 2. The molecule has 1 aliphatic heterocycles. The SMILES string of the molecule is COc1ccc2oc(CN3CCN(C(=O)CO)CC3)cc2c1.O=[N+]([O-])c1ccc(NC2CCCCC2)cc1C(F)(F)F. The quantitative estimate of drug-likeness (QED) is 0.275. The third-order valence-corrected chi connectivity index (χ3v) is 7.49. The topological polar surface area (TPSA) is 121 Å². The number of nitrogens with zero attached hydrogens (tertiary/aromatic N) is 3. The lowest BCUT2D eigenvalue weighted by Crippen LogP contribution is -2.49. The molecule has 228 valence electrons. The van der Waals surface area contributed by atoms with E-state index in [1.54, 1.807) is 12.0 Å². The summed E-state index contributed by atoms with van der Waals surface area (Å²) >= 11 is 0. The molecule has 13 heteroatoms. The largest absolute Gasteiger partial charge is 0.497 e. The van der Waals surface area contributed by atoms with Gasteiger partial charge in [-0.25, -0.2) is 0 Å². The zero-order valence-electron chi connectivity index (χ0n) is 23.4. The summed E-state index contributed by atoms with van der Waals surface area (Å²) in [6, 6.07) is 11.0. The monoisotopic (exact) mass is 592 g/mol. The van der Waals surface area contributed by atoms with Crippen LogP contribution in [0.3, 0.4) is 0 Å². The molecule has 0 radical (unpaired) electrons.